The van der Waals surface area contributed by atoms with Crippen LogP contribution in [0.4, 0.5) is 10.1 Å². The van der Waals surface area contributed by atoms with Crippen LogP contribution in [0.5, 0.6) is 5.75 Å². The second-order valence-corrected chi connectivity index (χ2v) is 6.47. The number of aromatic nitrogens is 2. The van der Waals surface area contributed by atoms with Crippen molar-refractivity contribution in [3.63, 3.8) is 0 Å². The normalized spacial score (nSPS) is 10.8. The number of furan rings is 1. The zero-order valence-electron chi connectivity index (χ0n) is 16.3. The highest BCUT2D eigenvalue weighted by atomic mass is 19.1. The lowest BCUT2D eigenvalue weighted by atomic mass is 10.1. The molecule has 1 amide bonds. The van der Waals surface area contributed by atoms with Gasteiger partial charge in [0.15, 0.2) is 5.76 Å². The number of rotatable bonds is 6. The van der Waals surface area contributed by atoms with Crippen molar-refractivity contribution in [1.82, 2.24) is 10.2 Å². The lowest BCUT2D eigenvalue weighted by molar-refractivity contribution is 0.102. The van der Waals surface area contributed by atoms with E-state index in [0.717, 1.165) is 5.56 Å². The van der Waals surface area contributed by atoms with Crippen LogP contribution in [0.1, 0.15) is 22.8 Å². The van der Waals surface area contributed by atoms with Crippen LogP contribution in [-0.2, 0) is 0 Å². The van der Waals surface area contributed by atoms with Crippen molar-refractivity contribution in [2.45, 2.75) is 13.8 Å². The van der Waals surface area contributed by atoms with Crippen LogP contribution < -0.4 is 10.1 Å². The molecule has 2 heterocycles. The van der Waals surface area contributed by atoms with Crippen LogP contribution in [0.2, 0.25) is 0 Å². The van der Waals surface area contributed by atoms with E-state index < -0.39 is 11.7 Å². The van der Waals surface area contributed by atoms with Crippen molar-refractivity contribution >= 4 is 11.6 Å². The van der Waals surface area contributed by atoms with E-state index in [-0.39, 0.29) is 17.5 Å². The number of anilines is 1. The van der Waals surface area contributed by atoms with Crippen LogP contribution in [0.3, 0.4) is 0 Å². The number of amides is 1. The van der Waals surface area contributed by atoms with Crippen LogP contribution in [-0.4, -0.2) is 22.7 Å². The first-order valence-electron chi connectivity index (χ1n) is 9.27. The molecule has 2 aromatic carbocycles. The summed E-state index contributed by atoms with van der Waals surface area (Å²) in [5, 5.41) is 10.5. The van der Waals surface area contributed by atoms with E-state index in [1.165, 1.54) is 24.5 Å². The van der Waals surface area contributed by atoms with Gasteiger partial charge in [0, 0.05) is 5.56 Å². The predicted octanol–water partition coefficient (Wildman–Crippen LogP) is 5.10. The smallest absolute Gasteiger partial charge is 0.283 e. The third-order valence-electron chi connectivity index (χ3n) is 4.30. The number of benzene rings is 2. The Morgan fingerprint density at radius 1 is 1.13 bits per heavy atom. The third-order valence-corrected chi connectivity index (χ3v) is 4.30. The predicted molar refractivity (Wildman–Crippen MR) is 108 cm³/mol. The maximum absolute atomic E-state index is 14.4. The number of hydrogen-bond acceptors (Lipinski definition) is 6. The highest BCUT2D eigenvalue weighted by molar-refractivity contribution is 6.06. The molecule has 0 saturated carbocycles. The quantitative estimate of drug-likeness (QED) is 0.478. The van der Waals surface area contributed by atoms with Crippen molar-refractivity contribution in [2.24, 2.45) is 0 Å². The van der Waals surface area contributed by atoms with Crippen molar-refractivity contribution in [3.05, 3.63) is 71.7 Å². The van der Waals surface area contributed by atoms with Gasteiger partial charge in [0.25, 0.3) is 11.8 Å². The van der Waals surface area contributed by atoms with Gasteiger partial charge in [0.2, 0.25) is 5.89 Å². The molecule has 30 heavy (non-hydrogen) atoms. The van der Waals surface area contributed by atoms with Gasteiger partial charge in [0.1, 0.15) is 11.6 Å². The standard InChI is InChI=1S/C22H18FN3O4/c1-3-28-18-9-6-13(2)11-15(18)20(27)24-17-12-14(7-8-16(17)23)21-25-26-22(30-21)19-5-4-10-29-19/h4-12H,3H2,1-2H3,(H,24,27). The molecule has 0 aliphatic heterocycles. The summed E-state index contributed by atoms with van der Waals surface area (Å²) in [5.74, 6) is 0.140. The topological polar surface area (TPSA) is 90.4 Å². The van der Waals surface area contributed by atoms with Crippen LogP contribution >= 0.6 is 0 Å². The molecule has 0 atom stereocenters. The van der Waals surface area contributed by atoms with E-state index in [1.54, 1.807) is 24.3 Å². The first-order valence-corrected chi connectivity index (χ1v) is 9.27. The molecule has 0 bridgehead atoms. The summed E-state index contributed by atoms with van der Waals surface area (Å²) in [5.41, 5.74) is 1.64. The summed E-state index contributed by atoms with van der Waals surface area (Å²) in [6, 6.07) is 12.8. The summed E-state index contributed by atoms with van der Waals surface area (Å²) in [4.78, 5) is 12.8. The molecule has 0 spiro atoms. The Morgan fingerprint density at radius 3 is 2.73 bits per heavy atom. The number of hydrogen-bond donors (Lipinski definition) is 1. The zero-order valence-corrected chi connectivity index (χ0v) is 16.3. The molecule has 0 fully saturated rings. The Hall–Kier alpha value is -3.94. The van der Waals surface area contributed by atoms with Gasteiger partial charge in [-0.1, -0.05) is 11.6 Å². The molecule has 7 nitrogen and oxygen atoms in total. The van der Waals surface area contributed by atoms with Crippen molar-refractivity contribution in [3.8, 4) is 28.9 Å². The third kappa shape index (κ3) is 3.93. The fourth-order valence-electron chi connectivity index (χ4n) is 2.89. The molecule has 4 rings (SSSR count). The van der Waals surface area contributed by atoms with E-state index in [1.807, 2.05) is 19.9 Å². The molecule has 0 saturated heterocycles. The minimum atomic E-state index is -0.594. The van der Waals surface area contributed by atoms with Gasteiger partial charge in [0.05, 0.1) is 24.1 Å². The Bertz CT molecular complexity index is 1190. The monoisotopic (exact) mass is 407 g/mol. The average molecular weight is 407 g/mol. The van der Waals surface area contributed by atoms with Gasteiger partial charge < -0.3 is 18.9 Å². The molecular weight excluding hydrogens is 389 g/mol. The summed E-state index contributed by atoms with van der Waals surface area (Å²) in [6.45, 7) is 4.09. The molecule has 2 aromatic heterocycles. The van der Waals surface area contributed by atoms with E-state index in [0.29, 0.717) is 29.2 Å². The van der Waals surface area contributed by atoms with Crippen molar-refractivity contribution in [2.75, 3.05) is 11.9 Å². The van der Waals surface area contributed by atoms with Gasteiger partial charge >= 0.3 is 0 Å². The first kappa shape index (κ1) is 19.4. The molecule has 0 unspecified atom stereocenters. The number of nitrogens with one attached hydrogen (secondary N) is 1. The maximum Gasteiger partial charge on any atom is 0.283 e. The van der Waals surface area contributed by atoms with E-state index in [9.17, 15) is 9.18 Å². The number of carbonyl (C=O) groups excluding carboxylic acids is 1. The molecule has 152 valence electrons. The number of aryl methyl sites for hydroxylation is 1. The van der Waals surface area contributed by atoms with Crippen LogP contribution in [0, 0.1) is 12.7 Å². The fourth-order valence-corrected chi connectivity index (χ4v) is 2.89. The van der Waals surface area contributed by atoms with Gasteiger partial charge in [-0.25, -0.2) is 4.39 Å². The van der Waals surface area contributed by atoms with Crippen LogP contribution in [0.25, 0.3) is 23.1 Å². The van der Waals surface area contributed by atoms with Crippen molar-refractivity contribution in [1.29, 1.82) is 0 Å². The van der Waals surface area contributed by atoms with Gasteiger partial charge in [-0.05, 0) is 56.3 Å². The van der Waals surface area contributed by atoms with Gasteiger partial charge in [-0.15, -0.1) is 10.2 Å². The average Bonchev–Trinajstić information content (AvgIpc) is 3.43. The molecule has 8 heteroatoms. The zero-order chi connectivity index (χ0) is 21.1. The highest BCUT2D eigenvalue weighted by Crippen LogP contribution is 2.28. The fraction of sp³-hybridized carbons (Fsp3) is 0.136. The maximum atomic E-state index is 14.4. The lowest BCUT2D eigenvalue weighted by Crippen LogP contribution is -2.15. The van der Waals surface area contributed by atoms with E-state index in [4.69, 9.17) is 13.6 Å². The van der Waals surface area contributed by atoms with Gasteiger partial charge in [-0.3, -0.25) is 4.79 Å². The largest absolute Gasteiger partial charge is 0.493 e. The molecule has 1 N–H and O–H groups in total. The minimum Gasteiger partial charge on any atom is -0.493 e. The van der Waals surface area contributed by atoms with Crippen LogP contribution in [0.15, 0.2) is 63.6 Å². The van der Waals surface area contributed by atoms with E-state index in [2.05, 4.69) is 15.5 Å². The molecule has 0 aliphatic rings. The second-order valence-electron chi connectivity index (χ2n) is 6.47. The summed E-state index contributed by atoms with van der Waals surface area (Å²) < 4.78 is 30.7. The number of halogens is 1. The van der Waals surface area contributed by atoms with Crippen molar-refractivity contribution < 1.29 is 22.8 Å². The molecular formula is C22H18FN3O4. The Labute approximate surface area is 171 Å². The molecule has 0 radical (unpaired) electrons. The summed E-state index contributed by atoms with van der Waals surface area (Å²) >= 11 is 0. The SMILES string of the molecule is CCOc1ccc(C)cc1C(=O)Nc1cc(-c2nnc(-c3ccco3)o2)ccc1F. The number of ether oxygens (including phenoxy) is 1. The Kier molecular flexibility index (Phi) is 5.30. The second kappa shape index (κ2) is 8.20. The lowest BCUT2D eigenvalue weighted by Gasteiger charge is -2.12. The summed E-state index contributed by atoms with van der Waals surface area (Å²) in [7, 11) is 0. The number of carbonyl (C=O) groups is 1. The molecule has 4 aromatic rings. The first-order chi connectivity index (χ1) is 14.5. The summed E-state index contributed by atoms with van der Waals surface area (Å²) in [6.07, 6.45) is 1.49. The number of nitrogens with zero attached hydrogens (tertiary/aromatic N) is 2. The Morgan fingerprint density at radius 2 is 1.97 bits per heavy atom. The van der Waals surface area contributed by atoms with E-state index >= 15 is 0 Å². The Balaban J connectivity index is 1.62. The minimum absolute atomic E-state index is 0.0146. The van der Waals surface area contributed by atoms with Gasteiger partial charge in [-0.2, -0.15) is 0 Å². The molecule has 0 aliphatic carbocycles. The highest BCUT2D eigenvalue weighted by Gasteiger charge is 2.18.